The number of nitro benzene ring substituents is 1. The quantitative estimate of drug-likeness (QED) is 0.568. The molecule has 0 saturated carbocycles. The van der Waals surface area contributed by atoms with E-state index in [0.29, 0.717) is 31.7 Å². The summed E-state index contributed by atoms with van der Waals surface area (Å²) < 4.78 is 5.34. The first-order valence-electron chi connectivity index (χ1n) is 9.93. The standard InChI is InChI=1S/C20H25N5O4/c1-15(20(26)24-10-12-29-13-11-24)22-6-8-23(9-7-22)18-2-3-19(25(27)28)17-14-21-5-4-16(17)18/h2-5,14-15H,6-13H2,1H3. The third-order valence-corrected chi connectivity index (χ3v) is 5.85. The lowest BCUT2D eigenvalue weighted by atomic mass is 10.1. The molecule has 2 saturated heterocycles. The molecule has 4 rings (SSSR count). The van der Waals surface area contributed by atoms with Gasteiger partial charge in [-0.05, 0) is 19.1 Å². The zero-order valence-electron chi connectivity index (χ0n) is 16.5. The van der Waals surface area contributed by atoms with Crippen LogP contribution in [0.5, 0.6) is 0 Å². The monoisotopic (exact) mass is 399 g/mol. The zero-order valence-corrected chi connectivity index (χ0v) is 16.5. The molecule has 1 atom stereocenters. The van der Waals surface area contributed by atoms with Crippen molar-refractivity contribution in [2.75, 3.05) is 57.4 Å². The van der Waals surface area contributed by atoms with Crippen molar-refractivity contribution in [3.8, 4) is 0 Å². The van der Waals surface area contributed by atoms with E-state index in [-0.39, 0.29) is 22.6 Å². The number of benzene rings is 1. The minimum atomic E-state index is -0.370. The first-order chi connectivity index (χ1) is 14.1. The van der Waals surface area contributed by atoms with E-state index in [2.05, 4.69) is 14.8 Å². The first-order valence-corrected chi connectivity index (χ1v) is 9.93. The second-order valence-electron chi connectivity index (χ2n) is 7.42. The number of amides is 1. The molecule has 0 bridgehead atoms. The third-order valence-electron chi connectivity index (χ3n) is 5.85. The normalized spacial score (nSPS) is 19.3. The van der Waals surface area contributed by atoms with E-state index in [0.717, 1.165) is 37.3 Å². The van der Waals surface area contributed by atoms with Gasteiger partial charge in [-0.15, -0.1) is 0 Å². The molecule has 9 nitrogen and oxygen atoms in total. The summed E-state index contributed by atoms with van der Waals surface area (Å²) in [5.41, 5.74) is 1.04. The van der Waals surface area contributed by atoms with Crippen molar-refractivity contribution in [3.05, 3.63) is 40.7 Å². The number of hydrogen-bond donors (Lipinski definition) is 0. The van der Waals surface area contributed by atoms with Crippen molar-refractivity contribution in [2.45, 2.75) is 13.0 Å². The zero-order chi connectivity index (χ0) is 20.4. The number of ether oxygens (including phenoxy) is 1. The Labute approximate surface area is 169 Å². The molecule has 2 aliphatic heterocycles. The minimum absolute atomic E-state index is 0.0696. The van der Waals surface area contributed by atoms with Crippen LogP contribution in [-0.4, -0.2) is 84.1 Å². The molecule has 1 aromatic heterocycles. The molecule has 0 N–H and O–H groups in total. The van der Waals surface area contributed by atoms with Crippen molar-refractivity contribution >= 4 is 28.1 Å². The fraction of sp³-hybridized carbons (Fsp3) is 0.500. The summed E-state index contributed by atoms with van der Waals surface area (Å²) in [7, 11) is 0. The first kappa shape index (κ1) is 19.5. The molecule has 154 valence electrons. The number of piperazine rings is 1. The number of pyridine rings is 1. The molecule has 1 aromatic carbocycles. The van der Waals surface area contributed by atoms with Crippen LogP contribution in [0.1, 0.15) is 6.92 Å². The van der Waals surface area contributed by atoms with E-state index in [1.165, 1.54) is 0 Å². The van der Waals surface area contributed by atoms with Crippen molar-refractivity contribution in [1.82, 2.24) is 14.8 Å². The van der Waals surface area contributed by atoms with Gasteiger partial charge in [0.1, 0.15) is 0 Å². The Bertz CT molecular complexity index is 907. The average Bonchev–Trinajstić information content (AvgIpc) is 2.78. The van der Waals surface area contributed by atoms with Gasteiger partial charge >= 0.3 is 0 Å². The van der Waals surface area contributed by atoms with E-state index in [4.69, 9.17) is 4.74 Å². The van der Waals surface area contributed by atoms with Crippen molar-refractivity contribution in [2.24, 2.45) is 0 Å². The number of nitro groups is 1. The molecule has 29 heavy (non-hydrogen) atoms. The third kappa shape index (κ3) is 3.88. The number of hydrogen-bond acceptors (Lipinski definition) is 7. The van der Waals surface area contributed by atoms with Crippen LogP contribution in [0, 0.1) is 10.1 Å². The summed E-state index contributed by atoms with van der Waals surface area (Å²) in [5.74, 6) is 0.161. The van der Waals surface area contributed by atoms with Gasteiger partial charge in [0, 0.05) is 68.8 Å². The van der Waals surface area contributed by atoms with E-state index in [9.17, 15) is 14.9 Å². The number of fused-ring (bicyclic) bond motifs is 1. The fourth-order valence-electron chi connectivity index (χ4n) is 4.15. The van der Waals surface area contributed by atoms with Crippen LogP contribution >= 0.6 is 0 Å². The van der Waals surface area contributed by atoms with Gasteiger partial charge in [0.15, 0.2) is 0 Å². The van der Waals surface area contributed by atoms with Crippen LogP contribution in [-0.2, 0) is 9.53 Å². The summed E-state index contributed by atoms with van der Waals surface area (Å²) in [6, 6.07) is 5.04. The van der Waals surface area contributed by atoms with Crippen LogP contribution in [0.4, 0.5) is 11.4 Å². The Morgan fingerprint density at radius 2 is 1.83 bits per heavy atom. The van der Waals surface area contributed by atoms with E-state index < -0.39 is 0 Å². The van der Waals surface area contributed by atoms with Gasteiger partial charge in [-0.25, -0.2) is 0 Å². The fourth-order valence-corrected chi connectivity index (χ4v) is 4.15. The number of morpholine rings is 1. The van der Waals surface area contributed by atoms with E-state index in [1.807, 2.05) is 24.0 Å². The van der Waals surface area contributed by atoms with Gasteiger partial charge in [-0.1, -0.05) is 0 Å². The number of non-ortho nitro benzene ring substituents is 1. The van der Waals surface area contributed by atoms with Gasteiger partial charge in [0.2, 0.25) is 5.91 Å². The summed E-state index contributed by atoms with van der Waals surface area (Å²) in [5, 5.41) is 12.7. The Hall–Kier alpha value is -2.78. The smallest absolute Gasteiger partial charge is 0.278 e. The number of nitrogens with zero attached hydrogens (tertiary/aromatic N) is 5. The largest absolute Gasteiger partial charge is 0.378 e. The molecule has 1 amide bonds. The highest BCUT2D eigenvalue weighted by Gasteiger charge is 2.30. The van der Waals surface area contributed by atoms with Crippen LogP contribution in [0.15, 0.2) is 30.6 Å². The number of carbonyl (C=O) groups excluding carboxylic acids is 1. The molecule has 1 unspecified atom stereocenters. The summed E-state index contributed by atoms with van der Waals surface area (Å²) in [4.78, 5) is 34.1. The Balaban J connectivity index is 1.47. The highest BCUT2D eigenvalue weighted by molar-refractivity contribution is 5.99. The molecular weight excluding hydrogens is 374 g/mol. The molecule has 0 radical (unpaired) electrons. The van der Waals surface area contributed by atoms with Gasteiger partial charge in [0.25, 0.3) is 5.69 Å². The van der Waals surface area contributed by atoms with E-state index >= 15 is 0 Å². The lowest BCUT2D eigenvalue weighted by molar-refractivity contribution is -0.383. The highest BCUT2D eigenvalue weighted by Crippen LogP contribution is 2.33. The molecule has 2 aromatic rings. The summed E-state index contributed by atoms with van der Waals surface area (Å²) in [6.45, 7) is 7.55. The SMILES string of the molecule is CC(C(=O)N1CCOCC1)N1CCN(c2ccc([N+](=O)[O-])c3cnccc23)CC1. The molecular formula is C20H25N5O4. The van der Waals surface area contributed by atoms with Crippen LogP contribution in [0.25, 0.3) is 10.8 Å². The van der Waals surface area contributed by atoms with Crippen LogP contribution in [0.3, 0.4) is 0 Å². The van der Waals surface area contributed by atoms with Gasteiger partial charge < -0.3 is 14.5 Å². The molecule has 9 heteroatoms. The number of anilines is 1. The molecule has 3 heterocycles. The number of aromatic nitrogens is 1. The maximum atomic E-state index is 12.8. The average molecular weight is 399 g/mol. The second-order valence-corrected chi connectivity index (χ2v) is 7.42. The van der Waals surface area contributed by atoms with Crippen LogP contribution in [0.2, 0.25) is 0 Å². The lowest BCUT2D eigenvalue weighted by Crippen LogP contribution is -2.56. The Morgan fingerprint density at radius 1 is 1.10 bits per heavy atom. The second kappa shape index (κ2) is 8.30. The molecule has 0 spiro atoms. The van der Waals surface area contributed by atoms with Crippen LogP contribution < -0.4 is 4.90 Å². The number of carbonyl (C=O) groups is 1. The molecule has 2 aliphatic rings. The predicted octanol–water partition coefficient (Wildman–Crippen LogP) is 1.51. The van der Waals surface area contributed by atoms with Crippen molar-refractivity contribution < 1.29 is 14.5 Å². The predicted molar refractivity (Wildman–Crippen MR) is 109 cm³/mol. The topological polar surface area (TPSA) is 92.0 Å². The molecule has 0 aliphatic carbocycles. The Morgan fingerprint density at radius 3 is 2.52 bits per heavy atom. The minimum Gasteiger partial charge on any atom is -0.378 e. The van der Waals surface area contributed by atoms with Gasteiger partial charge in [-0.3, -0.25) is 24.8 Å². The van der Waals surface area contributed by atoms with Crippen molar-refractivity contribution in [1.29, 1.82) is 0 Å². The van der Waals surface area contributed by atoms with Gasteiger partial charge in [0.05, 0.1) is 29.6 Å². The van der Waals surface area contributed by atoms with Gasteiger partial charge in [-0.2, -0.15) is 0 Å². The summed E-state index contributed by atoms with van der Waals surface area (Å²) in [6.07, 6.45) is 3.21. The Kier molecular flexibility index (Phi) is 5.59. The van der Waals surface area contributed by atoms with Crippen molar-refractivity contribution in [3.63, 3.8) is 0 Å². The summed E-state index contributed by atoms with van der Waals surface area (Å²) >= 11 is 0. The number of rotatable bonds is 4. The molecule has 2 fully saturated rings. The maximum Gasteiger partial charge on any atom is 0.278 e. The lowest BCUT2D eigenvalue weighted by Gasteiger charge is -2.40. The van der Waals surface area contributed by atoms with E-state index in [1.54, 1.807) is 18.5 Å². The maximum absolute atomic E-state index is 12.8. The highest BCUT2D eigenvalue weighted by atomic mass is 16.6.